The maximum absolute atomic E-state index is 13.5. The molecule has 2 aliphatic rings. The Bertz CT molecular complexity index is 884. The van der Waals surface area contributed by atoms with Crippen molar-refractivity contribution in [2.24, 2.45) is 5.92 Å². The number of anilines is 1. The van der Waals surface area contributed by atoms with E-state index in [0.717, 1.165) is 18.4 Å². The topological polar surface area (TPSA) is 40.6 Å². The van der Waals surface area contributed by atoms with Crippen LogP contribution in [0, 0.1) is 11.7 Å². The monoisotopic (exact) mass is 386 g/mol. The molecule has 4 nitrogen and oxygen atoms in total. The van der Waals surface area contributed by atoms with Gasteiger partial charge in [0.05, 0.1) is 16.6 Å². The van der Waals surface area contributed by atoms with Crippen LogP contribution in [0.5, 0.6) is 0 Å². The number of carbonyl (C=O) groups is 2. The number of amides is 2. The smallest absolute Gasteiger partial charge is 0.228 e. The van der Waals surface area contributed by atoms with Crippen molar-refractivity contribution in [3.8, 4) is 0 Å². The molecule has 0 aromatic heterocycles. The van der Waals surface area contributed by atoms with Gasteiger partial charge in [-0.2, -0.15) is 0 Å². The van der Waals surface area contributed by atoms with E-state index in [1.807, 2.05) is 23.1 Å². The lowest BCUT2D eigenvalue weighted by molar-refractivity contribution is -0.137. The molecule has 0 spiro atoms. The zero-order valence-electron chi connectivity index (χ0n) is 14.8. The van der Waals surface area contributed by atoms with E-state index in [4.69, 9.17) is 11.6 Å². The third-order valence-electron chi connectivity index (χ3n) is 5.13. The minimum atomic E-state index is -0.400. The largest absolute Gasteiger partial charge is 0.335 e. The summed E-state index contributed by atoms with van der Waals surface area (Å²) in [5, 5.41) is 0.498. The van der Waals surface area contributed by atoms with Gasteiger partial charge < -0.3 is 9.80 Å². The van der Waals surface area contributed by atoms with Crippen molar-refractivity contribution in [3.05, 3.63) is 64.9 Å². The first-order valence-electron chi connectivity index (χ1n) is 9.13. The Morgan fingerprint density at radius 3 is 2.67 bits per heavy atom. The Balaban J connectivity index is 1.51. The maximum Gasteiger partial charge on any atom is 0.228 e. The van der Waals surface area contributed by atoms with Crippen molar-refractivity contribution in [1.82, 2.24) is 4.90 Å². The second kappa shape index (κ2) is 7.31. The Labute approximate surface area is 162 Å². The van der Waals surface area contributed by atoms with Crippen LogP contribution < -0.4 is 4.90 Å². The number of nitrogens with zero attached hydrogens (tertiary/aromatic N) is 2. The molecule has 0 radical (unpaired) electrons. The third-order valence-corrected chi connectivity index (χ3v) is 5.45. The second-order valence-electron chi connectivity index (χ2n) is 7.18. The van der Waals surface area contributed by atoms with Crippen LogP contribution in [-0.4, -0.2) is 29.3 Å². The molecular weight excluding hydrogens is 367 g/mol. The van der Waals surface area contributed by atoms with Crippen molar-refractivity contribution < 1.29 is 14.0 Å². The summed E-state index contributed by atoms with van der Waals surface area (Å²) in [6, 6.07) is 13.7. The molecule has 1 aliphatic heterocycles. The van der Waals surface area contributed by atoms with Crippen LogP contribution in [0.2, 0.25) is 5.02 Å². The summed E-state index contributed by atoms with van der Waals surface area (Å²) >= 11 is 6.22. The summed E-state index contributed by atoms with van der Waals surface area (Å²) in [4.78, 5) is 29.0. The van der Waals surface area contributed by atoms with Gasteiger partial charge in [0.25, 0.3) is 0 Å². The van der Waals surface area contributed by atoms with Crippen LogP contribution in [0.25, 0.3) is 0 Å². The molecule has 6 heteroatoms. The molecule has 1 saturated carbocycles. The van der Waals surface area contributed by atoms with Crippen LogP contribution in [0.15, 0.2) is 48.5 Å². The van der Waals surface area contributed by atoms with E-state index in [2.05, 4.69) is 0 Å². The lowest BCUT2D eigenvalue weighted by Crippen LogP contribution is -2.38. The van der Waals surface area contributed by atoms with Crippen LogP contribution in [-0.2, 0) is 16.1 Å². The van der Waals surface area contributed by atoms with Gasteiger partial charge in [0.2, 0.25) is 11.8 Å². The molecule has 0 bridgehead atoms. The predicted molar refractivity (Wildman–Crippen MR) is 102 cm³/mol. The lowest BCUT2D eigenvalue weighted by atomic mass is 10.1. The minimum Gasteiger partial charge on any atom is -0.335 e. The molecule has 2 fully saturated rings. The van der Waals surface area contributed by atoms with E-state index >= 15 is 0 Å². The summed E-state index contributed by atoms with van der Waals surface area (Å²) in [6.07, 6.45) is 2.09. The Morgan fingerprint density at radius 2 is 1.96 bits per heavy atom. The number of rotatable bonds is 5. The molecule has 4 rings (SSSR count). The first kappa shape index (κ1) is 18.0. The Morgan fingerprint density at radius 1 is 1.19 bits per heavy atom. The van der Waals surface area contributed by atoms with Crippen LogP contribution >= 0.6 is 11.6 Å². The molecule has 2 amide bonds. The summed E-state index contributed by atoms with van der Waals surface area (Å²) in [7, 11) is 0. The fraction of sp³-hybridized carbons (Fsp3) is 0.333. The van der Waals surface area contributed by atoms with Gasteiger partial charge in [-0.15, -0.1) is 0 Å². The van der Waals surface area contributed by atoms with Gasteiger partial charge in [0.1, 0.15) is 5.82 Å². The first-order valence-corrected chi connectivity index (χ1v) is 9.50. The summed E-state index contributed by atoms with van der Waals surface area (Å²) in [5.41, 5.74) is 1.41. The molecule has 140 valence electrons. The number of carbonyl (C=O) groups excluding carboxylic acids is 2. The fourth-order valence-corrected chi connectivity index (χ4v) is 3.85. The van der Waals surface area contributed by atoms with E-state index in [1.165, 1.54) is 12.1 Å². The molecule has 1 heterocycles. The Kier molecular flexibility index (Phi) is 4.87. The maximum atomic E-state index is 13.5. The lowest BCUT2D eigenvalue weighted by Gasteiger charge is -2.26. The number of para-hydroxylation sites is 1. The highest BCUT2D eigenvalue weighted by Gasteiger charge is 2.41. The van der Waals surface area contributed by atoms with E-state index in [1.54, 1.807) is 23.1 Å². The summed E-state index contributed by atoms with van der Waals surface area (Å²) < 4.78 is 13.5. The highest BCUT2D eigenvalue weighted by atomic mass is 35.5. The SMILES string of the molecule is O=C1CC(C(=O)N(Cc2cccc(F)c2)C2CC2)CN1c1ccccc1Cl. The van der Waals surface area contributed by atoms with Crippen molar-refractivity contribution in [3.63, 3.8) is 0 Å². The normalized spacial score (nSPS) is 19.4. The van der Waals surface area contributed by atoms with Crippen molar-refractivity contribution in [2.75, 3.05) is 11.4 Å². The van der Waals surface area contributed by atoms with E-state index < -0.39 is 5.92 Å². The van der Waals surface area contributed by atoms with Crippen molar-refractivity contribution >= 4 is 29.1 Å². The summed E-state index contributed by atoms with van der Waals surface area (Å²) in [5.74, 6) is -0.841. The fourth-order valence-electron chi connectivity index (χ4n) is 3.62. The first-order chi connectivity index (χ1) is 13.0. The van der Waals surface area contributed by atoms with E-state index in [-0.39, 0.29) is 30.1 Å². The van der Waals surface area contributed by atoms with Gasteiger partial charge in [-0.3, -0.25) is 9.59 Å². The number of halogens is 2. The molecule has 2 aromatic rings. The highest BCUT2D eigenvalue weighted by molar-refractivity contribution is 6.33. The molecular formula is C21H20ClFN2O2. The molecule has 1 aliphatic carbocycles. The van der Waals surface area contributed by atoms with Crippen LogP contribution in [0.3, 0.4) is 0 Å². The highest BCUT2D eigenvalue weighted by Crippen LogP contribution is 2.35. The zero-order chi connectivity index (χ0) is 19.0. The van der Waals surface area contributed by atoms with Crippen molar-refractivity contribution in [2.45, 2.75) is 31.8 Å². The van der Waals surface area contributed by atoms with Crippen molar-refractivity contribution in [1.29, 1.82) is 0 Å². The second-order valence-corrected chi connectivity index (χ2v) is 7.59. The third kappa shape index (κ3) is 3.83. The van der Waals surface area contributed by atoms with Crippen LogP contribution in [0.1, 0.15) is 24.8 Å². The molecule has 1 unspecified atom stereocenters. The van der Waals surface area contributed by atoms with E-state index in [0.29, 0.717) is 23.8 Å². The van der Waals surface area contributed by atoms with Gasteiger partial charge in [0, 0.05) is 25.6 Å². The molecule has 0 N–H and O–H groups in total. The predicted octanol–water partition coefficient (Wildman–Crippen LogP) is 4.02. The molecule has 27 heavy (non-hydrogen) atoms. The van der Waals surface area contributed by atoms with E-state index in [9.17, 15) is 14.0 Å². The standard InChI is InChI=1S/C21H20ClFN2O2/c22-18-6-1-2-7-19(18)25-13-15(11-20(25)26)21(27)24(17-8-9-17)12-14-4-3-5-16(23)10-14/h1-7,10,15,17H,8-9,11-13H2. The molecule has 2 aromatic carbocycles. The number of benzene rings is 2. The molecule has 1 atom stereocenters. The zero-order valence-corrected chi connectivity index (χ0v) is 15.5. The van der Waals surface area contributed by atoms with Gasteiger partial charge in [-0.1, -0.05) is 35.9 Å². The Hall–Kier alpha value is -2.40. The molecule has 1 saturated heterocycles. The number of hydrogen-bond acceptors (Lipinski definition) is 2. The van der Waals surface area contributed by atoms with Gasteiger partial charge in [0.15, 0.2) is 0 Å². The quantitative estimate of drug-likeness (QED) is 0.778. The van der Waals surface area contributed by atoms with Gasteiger partial charge in [-0.05, 0) is 42.7 Å². The minimum absolute atomic E-state index is 0.0373. The average Bonchev–Trinajstić information content (AvgIpc) is 3.42. The van der Waals surface area contributed by atoms with Gasteiger partial charge >= 0.3 is 0 Å². The number of hydrogen-bond donors (Lipinski definition) is 0. The van der Waals surface area contributed by atoms with Gasteiger partial charge in [-0.25, -0.2) is 4.39 Å². The average molecular weight is 387 g/mol. The summed E-state index contributed by atoms with van der Waals surface area (Å²) in [6.45, 7) is 0.700. The van der Waals surface area contributed by atoms with Crippen LogP contribution in [0.4, 0.5) is 10.1 Å².